The van der Waals surface area contributed by atoms with Crippen molar-refractivity contribution in [1.82, 2.24) is 5.32 Å². The van der Waals surface area contributed by atoms with Crippen molar-refractivity contribution in [2.75, 3.05) is 0 Å². The maximum atomic E-state index is 11.2. The van der Waals surface area contributed by atoms with Crippen LogP contribution in [-0.4, -0.2) is 17.0 Å². The first kappa shape index (κ1) is 11.1. The Balaban J connectivity index is 2.28. The average molecular weight is 284 g/mol. The van der Waals surface area contributed by atoms with Gasteiger partial charge in [0.2, 0.25) is 5.91 Å². The molecule has 4 nitrogen and oxygen atoms in total. The molecule has 1 amide bonds. The molecule has 1 aromatic rings. The molecule has 2 atom stereocenters. The summed E-state index contributed by atoms with van der Waals surface area (Å²) in [5, 5.41) is 11.7. The van der Waals surface area contributed by atoms with Crippen molar-refractivity contribution in [1.29, 1.82) is 0 Å². The molecule has 1 heterocycles. The van der Waals surface area contributed by atoms with Gasteiger partial charge in [-0.2, -0.15) is 0 Å². The Labute approximate surface area is 101 Å². The Kier molecular flexibility index (Phi) is 2.96. The summed E-state index contributed by atoms with van der Waals surface area (Å²) in [4.78, 5) is 22.2. The zero-order valence-electron chi connectivity index (χ0n) is 8.31. The summed E-state index contributed by atoms with van der Waals surface area (Å²) < 4.78 is 0.924. The third-order valence-electron chi connectivity index (χ3n) is 2.67. The minimum atomic E-state index is -0.939. The summed E-state index contributed by atoms with van der Waals surface area (Å²) in [7, 11) is 0. The fourth-order valence-electron chi connectivity index (χ4n) is 1.87. The number of carbonyl (C=O) groups is 2. The highest BCUT2D eigenvalue weighted by molar-refractivity contribution is 9.10. The van der Waals surface area contributed by atoms with Crippen LogP contribution in [0.1, 0.15) is 18.0 Å². The Hall–Kier alpha value is -1.36. The number of halogens is 1. The summed E-state index contributed by atoms with van der Waals surface area (Å²) in [6.07, 6.45) is 0.0517. The van der Waals surface area contributed by atoms with Crippen LogP contribution in [0.3, 0.4) is 0 Å². The van der Waals surface area contributed by atoms with Gasteiger partial charge in [0, 0.05) is 10.9 Å². The molecule has 0 spiro atoms. The third kappa shape index (κ3) is 2.09. The molecule has 5 heteroatoms. The number of carboxylic acids is 1. The minimum absolute atomic E-state index is 0.0517. The van der Waals surface area contributed by atoms with Gasteiger partial charge in [-0.3, -0.25) is 9.59 Å². The van der Waals surface area contributed by atoms with E-state index in [1.54, 1.807) is 0 Å². The lowest BCUT2D eigenvalue weighted by molar-refractivity contribution is -0.142. The van der Waals surface area contributed by atoms with Crippen molar-refractivity contribution >= 4 is 27.8 Å². The van der Waals surface area contributed by atoms with Gasteiger partial charge < -0.3 is 10.4 Å². The summed E-state index contributed by atoms with van der Waals surface area (Å²) in [5.74, 6) is -1.82. The molecule has 1 aromatic carbocycles. The molecule has 0 radical (unpaired) electrons. The molecule has 1 fully saturated rings. The van der Waals surface area contributed by atoms with Crippen molar-refractivity contribution in [2.45, 2.75) is 12.5 Å². The van der Waals surface area contributed by atoms with E-state index in [0.29, 0.717) is 0 Å². The van der Waals surface area contributed by atoms with Gasteiger partial charge in [-0.25, -0.2) is 0 Å². The molecule has 0 aromatic heterocycles. The highest BCUT2D eigenvalue weighted by Crippen LogP contribution is 2.30. The molecule has 16 heavy (non-hydrogen) atoms. The van der Waals surface area contributed by atoms with Gasteiger partial charge in [0.1, 0.15) is 0 Å². The number of rotatable bonds is 2. The van der Waals surface area contributed by atoms with Gasteiger partial charge in [-0.1, -0.05) is 28.1 Å². The van der Waals surface area contributed by atoms with Gasteiger partial charge in [-0.15, -0.1) is 0 Å². The fraction of sp³-hybridized carbons (Fsp3) is 0.273. The van der Waals surface area contributed by atoms with E-state index in [-0.39, 0.29) is 12.3 Å². The molecule has 1 saturated heterocycles. The molecule has 84 valence electrons. The monoisotopic (exact) mass is 283 g/mol. The first-order valence-electron chi connectivity index (χ1n) is 4.85. The van der Waals surface area contributed by atoms with Gasteiger partial charge >= 0.3 is 5.97 Å². The van der Waals surface area contributed by atoms with E-state index in [9.17, 15) is 9.59 Å². The summed E-state index contributed by atoms with van der Waals surface area (Å²) >= 11 is 3.31. The van der Waals surface area contributed by atoms with Crippen molar-refractivity contribution in [3.63, 3.8) is 0 Å². The summed E-state index contributed by atoms with van der Waals surface area (Å²) in [6, 6.07) is 6.88. The van der Waals surface area contributed by atoms with Crippen LogP contribution in [0.15, 0.2) is 28.7 Å². The van der Waals surface area contributed by atoms with E-state index in [2.05, 4.69) is 21.2 Å². The summed E-state index contributed by atoms with van der Waals surface area (Å²) in [6.45, 7) is 0. The largest absolute Gasteiger partial charge is 0.481 e. The van der Waals surface area contributed by atoms with E-state index in [4.69, 9.17) is 5.11 Å². The predicted molar refractivity (Wildman–Crippen MR) is 60.8 cm³/mol. The zero-order valence-corrected chi connectivity index (χ0v) is 9.90. The number of carbonyl (C=O) groups excluding carboxylic acids is 1. The van der Waals surface area contributed by atoms with Crippen LogP contribution in [0.25, 0.3) is 0 Å². The van der Waals surface area contributed by atoms with Crippen LogP contribution in [0.2, 0.25) is 0 Å². The molecular weight excluding hydrogens is 274 g/mol. The second-order valence-electron chi connectivity index (χ2n) is 3.75. The SMILES string of the molecule is O=C1CC(C(=O)O)C(c2ccc(Br)cc2)N1. The first-order valence-corrected chi connectivity index (χ1v) is 5.65. The number of nitrogens with one attached hydrogen (secondary N) is 1. The molecule has 0 saturated carbocycles. The molecule has 2 rings (SSSR count). The predicted octanol–water partition coefficient (Wildman–Crippen LogP) is 1.71. The van der Waals surface area contributed by atoms with E-state index < -0.39 is 17.9 Å². The van der Waals surface area contributed by atoms with Gasteiger partial charge in [0.05, 0.1) is 12.0 Å². The third-order valence-corrected chi connectivity index (χ3v) is 3.20. The van der Waals surface area contributed by atoms with E-state index in [0.717, 1.165) is 10.0 Å². The maximum absolute atomic E-state index is 11.2. The topological polar surface area (TPSA) is 66.4 Å². The quantitative estimate of drug-likeness (QED) is 0.868. The lowest BCUT2D eigenvalue weighted by atomic mass is 9.94. The van der Waals surface area contributed by atoms with Crippen LogP contribution in [0.5, 0.6) is 0 Å². The molecule has 2 unspecified atom stereocenters. The van der Waals surface area contributed by atoms with Gasteiger partial charge in [-0.05, 0) is 17.7 Å². The van der Waals surface area contributed by atoms with Crippen molar-refractivity contribution in [3.8, 4) is 0 Å². The second kappa shape index (κ2) is 4.25. The van der Waals surface area contributed by atoms with E-state index in [1.165, 1.54) is 0 Å². The maximum Gasteiger partial charge on any atom is 0.309 e. The molecule has 2 N–H and O–H groups in total. The normalized spacial score (nSPS) is 24.2. The second-order valence-corrected chi connectivity index (χ2v) is 4.66. The Morgan fingerprint density at radius 1 is 1.38 bits per heavy atom. The zero-order chi connectivity index (χ0) is 11.7. The molecular formula is C11H10BrNO3. The number of aliphatic carboxylic acids is 1. The molecule has 0 aliphatic carbocycles. The average Bonchev–Trinajstić information content (AvgIpc) is 2.61. The minimum Gasteiger partial charge on any atom is -0.481 e. The van der Waals surface area contributed by atoms with Gasteiger partial charge in [0.15, 0.2) is 0 Å². The molecule has 1 aliphatic heterocycles. The Bertz CT molecular complexity index is 429. The first-order chi connectivity index (χ1) is 7.58. The number of carboxylic acid groups (broad SMARTS) is 1. The van der Waals surface area contributed by atoms with Crippen LogP contribution < -0.4 is 5.32 Å². The smallest absolute Gasteiger partial charge is 0.309 e. The Morgan fingerprint density at radius 2 is 2.00 bits per heavy atom. The fourth-order valence-corrected chi connectivity index (χ4v) is 2.13. The lowest BCUT2D eigenvalue weighted by Gasteiger charge is -2.15. The number of hydrogen-bond donors (Lipinski definition) is 2. The molecule has 1 aliphatic rings. The van der Waals surface area contributed by atoms with Crippen LogP contribution in [-0.2, 0) is 9.59 Å². The van der Waals surface area contributed by atoms with E-state index >= 15 is 0 Å². The van der Waals surface area contributed by atoms with Crippen LogP contribution >= 0.6 is 15.9 Å². The standard InChI is InChI=1S/C11H10BrNO3/c12-7-3-1-6(2-4-7)10-8(11(15)16)5-9(14)13-10/h1-4,8,10H,5H2,(H,13,14)(H,15,16). The number of amides is 1. The van der Waals surface area contributed by atoms with Crippen LogP contribution in [0.4, 0.5) is 0 Å². The van der Waals surface area contributed by atoms with Crippen LogP contribution in [0, 0.1) is 5.92 Å². The highest BCUT2D eigenvalue weighted by Gasteiger charge is 2.38. The van der Waals surface area contributed by atoms with E-state index in [1.807, 2.05) is 24.3 Å². The summed E-state index contributed by atoms with van der Waals surface area (Å²) in [5.41, 5.74) is 0.821. The number of benzene rings is 1. The Morgan fingerprint density at radius 3 is 2.56 bits per heavy atom. The van der Waals surface area contributed by atoms with Crippen molar-refractivity contribution in [2.24, 2.45) is 5.92 Å². The molecule has 0 bridgehead atoms. The highest BCUT2D eigenvalue weighted by atomic mass is 79.9. The van der Waals surface area contributed by atoms with Gasteiger partial charge in [0.25, 0.3) is 0 Å². The lowest BCUT2D eigenvalue weighted by Crippen LogP contribution is -2.24. The van der Waals surface area contributed by atoms with Crippen molar-refractivity contribution < 1.29 is 14.7 Å². The van der Waals surface area contributed by atoms with Crippen molar-refractivity contribution in [3.05, 3.63) is 34.3 Å². The number of hydrogen-bond acceptors (Lipinski definition) is 2.